The number of alkyl halides is 3. The van der Waals surface area contributed by atoms with Crippen molar-refractivity contribution in [3.8, 4) is 5.75 Å². The summed E-state index contributed by atoms with van der Waals surface area (Å²) in [7, 11) is 0. The molecule has 2 rings (SSSR count). The SMILES string of the molecule is Cc1ccccc1CCOc1cccc(CCCNCCC(=O)O)c1.O=C(O)C(F)(F)F. The molecule has 0 heterocycles. The third-order valence-electron chi connectivity index (χ3n) is 4.38. The van der Waals surface area contributed by atoms with Crippen LogP contribution in [0.2, 0.25) is 0 Å². The average molecular weight is 455 g/mol. The summed E-state index contributed by atoms with van der Waals surface area (Å²) in [4.78, 5) is 19.3. The van der Waals surface area contributed by atoms with Gasteiger partial charge in [0, 0.05) is 13.0 Å². The van der Waals surface area contributed by atoms with Crippen molar-refractivity contribution in [1.29, 1.82) is 0 Å². The van der Waals surface area contributed by atoms with Crippen LogP contribution in [0.3, 0.4) is 0 Å². The number of ether oxygens (including phenoxy) is 1. The van der Waals surface area contributed by atoms with Gasteiger partial charge in [-0.1, -0.05) is 36.4 Å². The van der Waals surface area contributed by atoms with Crippen LogP contribution in [0.25, 0.3) is 0 Å². The van der Waals surface area contributed by atoms with Gasteiger partial charge in [0.1, 0.15) is 5.75 Å². The largest absolute Gasteiger partial charge is 0.493 e. The molecule has 0 radical (unpaired) electrons. The Morgan fingerprint density at radius 2 is 1.69 bits per heavy atom. The van der Waals surface area contributed by atoms with E-state index in [2.05, 4.69) is 48.6 Å². The van der Waals surface area contributed by atoms with Crippen LogP contribution < -0.4 is 10.1 Å². The second kappa shape index (κ2) is 14.1. The number of hydrogen-bond donors (Lipinski definition) is 3. The Labute approximate surface area is 185 Å². The normalized spacial score (nSPS) is 10.8. The van der Waals surface area contributed by atoms with E-state index in [0.717, 1.165) is 31.6 Å². The Morgan fingerprint density at radius 3 is 2.31 bits per heavy atom. The Hall–Kier alpha value is -3.07. The van der Waals surface area contributed by atoms with Crippen molar-refractivity contribution < 1.29 is 37.7 Å². The maximum Gasteiger partial charge on any atom is 0.490 e. The monoisotopic (exact) mass is 455 g/mol. The number of aryl methyl sites for hydroxylation is 2. The zero-order valence-corrected chi connectivity index (χ0v) is 17.8. The molecule has 0 bridgehead atoms. The lowest BCUT2D eigenvalue weighted by Crippen LogP contribution is -2.21. The molecule has 0 aliphatic rings. The van der Waals surface area contributed by atoms with Crippen molar-refractivity contribution in [3.63, 3.8) is 0 Å². The predicted octanol–water partition coefficient (Wildman–Crippen LogP) is 4.25. The van der Waals surface area contributed by atoms with E-state index in [-0.39, 0.29) is 6.42 Å². The molecule has 0 spiro atoms. The number of carboxylic acid groups (broad SMARTS) is 2. The lowest BCUT2D eigenvalue weighted by Gasteiger charge is -2.10. The van der Waals surface area contributed by atoms with Crippen molar-refractivity contribution in [2.45, 2.75) is 38.8 Å². The van der Waals surface area contributed by atoms with Crippen LogP contribution in [0.4, 0.5) is 13.2 Å². The molecule has 2 aromatic rings. The molecule has 0 atom stereocenters. The molecule has 32 heavy (non-hydrogen) atoms. The highest BCUT2D eigenvalue weighted by Gasteiger charge is 2.38. The number of nitrogens with one attached hydrogen (secondary N) is 1. The number of halogens is 3. The molecular weight excluding hydrogens is 427 g/mol. The van der Waals surface area contributed by atoms with Crippen molar-refractivity contribution in [1.82, 2.24) is 5.32 Å². The van der Waals surface area contributed by atoms with Crippen LogP contribution in [-0.4, -0.2) is 48.0 Å². The summed E-state index contributed by atoms with van der Waals surface area (Å²) in [6.07, 6.45) is -2.07. The molecule has 0 aromatic heterocycles. The Balaban J connectivity index is 0.000000633. The van der Waals surface area contributed by atoms with Crippen LogP contribution in [0.5, 0.6) is 5.75 Å². The van der Waals surface area contributed by atoms with E-state index in [0.29, 0.717) is 13.2 Å². The van der Waals surface area contributed by atoms with Crippen molar-refractivity contribution >= 4 is 11.9 Å². The molecule has 2 aromatic carbocycles. The fourth-order valence-electron chi connectivity index (χ4n) is 2.70. The quantitative estimate of drug-likeness (QED) is 0.439. The average Bonchev–Trinajstić information content (AvgIpc) is 2.72. The lowest BCUT2D eigenvalue weighted by atomic mass is 10.1. The van der Waals surface area contributed by atoms with Gasteiger partial charge < -0.3 is 20.3 Å². The molecule has 0 aliphatic carbocycles. The van der Waals surface area contributed by atoms with Gasteiger partial charge in [-0.25, -0.2) is 4.79 Å². The van der Waals surface area contributed by atoms with Crippen molar-refractivity contribution in [2.24, 2.45) is 0 Å². The summed E-state index contributed by atoms with van der Waals surface area (Å²) in [5, 5.41) is 18.9. The number of rotatable bonds is 11. The van der Waals surface area contributed by atoms with Crippen LogP contribution in [0.1, 0.15) is 29.5 Å². The molecule has 0 aliphatic heterocycles. The summed E-state index contributed by atoms with van der Waals surface area (Å²) in [6, 6.07) is 16.6. The topological polar surface area (TPSA) is 95.9 Å². The second-order valence-corrected chi connectivity index (χ2v) is 6.97. The highest BCUT2D eigenvalue weighted by atomic mass is 19.4. The fourth-order valence-corrected chi connectivity index (χ4v) is 2.70. The summed E-state index contributed by atoms with van der Waals surface area (Å²) >= 11 is 0. The van der Waals surface area contributed by atoms with E-state index in [9.17, 15) is 18.0 Å². The van der Waals surface area contributed by atoms with E-state index in [1.54, 1.807) is 0 Å². The highest BCUT2D eigenvalue weighted by Crippen LogP contribution is 2.16. The molecule has 0 saturated carbocycles. The number of hydrogen-bond acceptors (Lipinski definition) is 4. The van der Waals surface area contributed by atoms with Crippen LogP contribution in [0.15, 0.2) is 48.5 Å². The third-order valence-corrected chi connectivity index (χ3v) is 4.38. The molecule has 3 N–H and O–H groups in total. The minimum atomic E-state index is -5.08. The minimum absolute atomic E-state index is 0.171. The van der Waals surface area contributed by atoms with Crippen LogP contribution in [0, 0.1) is 6.92 Å². The van der Waals surface area contributed by atoms with Crippen LogP contribution >= 0.6 is 0 Å². The zero-order valence-electron chi connectivity index (χ0n) is 17.8. The van der Waals surface area contributed by atoms with Crippen molar-refractivity contribution in [3.05, 3.63) is 65.2 Å². The molecule has 6 nitrogen and oxygen atoms in total. The maximum atomic E-state index is 10.6. The number of carbonyl (C=O) groups is 2. The number of aliphatic carboxylic acids is 2. The smallest absolute Gasteiger partial charge is 0.490 e. The van der Waals surface area contributed by atoms with E-state index >= 15 is 0 Å². The van der Waals surface area contributed by atoms with Gasteiger partial charge in [-0.05, 0) is 55.1 Å². The fraction of sp³-hybridized carbons (Fsp3) is 0.391. The minimum Gasteiger partial charge on any atom is -0.493 e. The summed E-state index contributed by atoms with van der Waals surface area (Å²) in [5.74, 6) is -2.61. The first-order chi connectivity index (χ1) is 15.1. The Bertz CT molecular complexity index is 856. The van der Waals surface area contributed by atoms with Gasteiger partial charge in [0.15, 0.2) is 0 Å². The first-order valence-electron chi connectivity index (χ1n) is 10.1. The molecule has 9 heteroatoms. The van der Waals surface area contributed by atoms with E-state index in [1.165, 1.54) is 16.7 Å². The molecule has 0 unspecified atom stereocenters. The van der Waals surface area contributed by atoms with Crippen molar-refractivity contribution in [2.75, 3.05) is 19.7 Å². The first kappa shape index (κ1) is 27.0. The number of benzene rings is 2. The van der Waals surface area contributed by atoms with Gasteiger partial charge in [0.05, 0.1) is 13.0 Å². The predicted molar refractivity (Wildman–Crippen MR) is 114 cm³/mol. The van der Waals surface area contributed by atoms with Crippen LogP contribution in [-0.2, 0) is 22.4 Å². The van der Waals surface area contributed by atoms with E-state index in [1.807, 2.05) is 12.1 Å². The van der Waals surface area contributed by atoms with E-state index in [4.69, 9.17) is 19.7 Å². The molecule has 0 amide bonds. The summed E-state index contributed by atoms with van der Waals surface area (Å²) < 4.78 is 37.6. The molecule has 176 valence electrons. The molecular formula is C23H28F3NO5. The zero-order chi connectivity index (χ0) is 24.0. The third kappa shape index (κ3) is 11.9. The number of carboxylic acids is 2. The Kier molecular flexibility index (Phi) is 11.9. The van der Waals surface area contributed by atoms with Gasteiger partial charge in [0.25, 0.3) is 0 Å². The second-order valence-electron chi connectivity index (χ2n) is 6.97. The standard InChI is InChI=1S/C21H27NO3.C2HF3O2/c1-17-6-2-3-9-19(17)12-15-25-20-10-4-7-18(16-20)8-5-13-22-14-11-21(23)24;3-2(4,5)1(6)7/h2-4,6-7,9-10,16,22H,5,8,11-15H2,1H3,(H,23,24);(H,6,7). The van der Waals surface area contributed by atoms with Gasteiger partial charge in [-0.3, -0.25) is 4.79 Å². The maximum absolute atomic E-state index is 10.6. The van der Waals surface area contributed by atoms with Gasteiger partial charge >= 0.3 is 18.1 Å². The summed E-state index contributed by atoms with van der Waals surface area (Å²) in [5.41, 5.74) is 3.87. The first-order valence-corrected chi connectivity index (χ1v) is 10.1. The van der Waals surface area contributed by atoms with Gasteiger partial charge in [-0.15, -0.1) is 0 Å². The lowest BCUT2D eigenvalue weighted by molar-refractivity contribution is -0.192. The van der Waals surface area contributed by atoms with Gasteiger partial charge in [-0.2, -0.15) is 13.2 Å². The molecule has 0 fully saturated rings. The summed E-state index contributed by atoms with van der Waals surface area (Å²) in [6.45, 7) is 4.15. The molecule has 0 saturated heterocycles. The highest BCUT2D eigenvalue weighted by molar-refractivity contribution is 5.73. The van der Waals surface area contributed by atoms with E-state index < -0.39 is 18.1 Å². The van der Waals surface area contributed by atoms with Gasteiger partial charge in [0.2, 0.25) is 0 Å². The Morgan fingerprint density at radius 1 is 1.00 bits per heavy atom.